The summed E-state index contributed by atoms with van der Waals surface area (Å²) in [5, 5.41) is 2.98. The first-order valence-electron chi connectivity index (χ1n) is 9.77. The molecule has 144 valence electrons. The highest BCUT2D eigenvalue weighted by Crippen LogP contribution is 2.24. The van der Waals surface area contributed by atoms with Gasteiger partial charge in [0.15, 0.2) is 0 Å². The van der Waals surface area contributed by atoms with E-state index in [-0.39, 0.29) is 11.4 Å². The summed E-state index contributed by atoms with van der Waals surface area (Å²) in [6.07, 6.45) is 3.37. The Kier molecular flexibility index (Phi) is 5.78. The van der Waals surface area contributed by atoms with Crippen molar-refractivity contribution in [3.8, 4) is 0 Å². The van der Waals surface area contributed by atoms with E-state index in [1.54, 1.807) is 6.07 Å². The van der Waals surface area contributed by atoms with Gasteiger partial charge in [0.05, 0.1) is 0 Å². The third-order valence-corrected chi connectivity index (χ3v) is 4.83. The van der Waals surface area contributed by atoms with E-state index in [4.69, 9.17) is 0 Å². The van der Waals surface area contributed by atoms with E-state index in [0.717, 1.165) is 38.0 Å². The average molecular weight is 367 g/mol. The molecule has 5 heteroatoms. The number of carbonyl (C=O) groups is 1. The maximum atomic E-state index is 12.5. The third kappa shape index (κ3) is 5.52. The van der Waals surface area contributed by atoms with E-state index in [2.05, 4.69) is 50.5 Å². The molecule has 2 aromatic rings. The molecule has 0 atom stereocenters. The third-order valence-electron chi connectivity index (χ3n) is 4.83. The van der Waals surface area contributed by atoms with Crippen LogP contribution < -0.4 is 10.2 Å². The zero-order valence-corrected chi connectivity index (χ0v) is 16.8. The standard InChI is InChI=1S/C22H30N4O/c1-16-14-19(20(27)25-22(2,3)4)24-21(23-16)26-12-10-18(11-13-26)15-17-8-6-5-7-9-17/h5-9,14,18H,10-13,15H2,1-4H3,(H,25,27). The summed E-state index contributed by atoms with van der Waals surface area (Å²) in [7, 11) is 0. The summed E-state index contributed by atoms with van der Waals surface area (Å²) >= 11 is 0. The van der Waals surface area contributed by atoms with Crippen LogP contribution >= 0.6 is 0 Å². The van der Waals surface area contributed by atoms with Crippen molar-refractivity contribution >= 4 is 11.9 Å². The number of nitrogens with one attached hydrogen (secondary N) is 1. The number of hydrogen-bond donors (Lipinski definition) is 1. The average Bonchev–Trinajstić information content (AvgIpc) is 2.61. The van der Waals surface area contributed by atoms with Crippen LogP contribution in [0.2, 0.25) is 0 Å². The van der Waals surface area contributed by atoms with Crippen molar-refractivity contribution in [2.24, 2.45) is 5.92 Å². The quantitative estimate of drug-likeness (QED) is 0.895. The first kappa shape index (κ1) is 19.3. The molecule has 0 aliphatic carbocycles. The molecule has 3 rings (SSSR count). The molecule has 0 unspecified atom stereocenters. The van der Waals surface area contributed by atoms with Gasteiger partial charge in [0.1, 0.15) is 5.69 Å². The van der Waals surface area contributed by atoms with E-state index in [1.165, 1.54) is 5.56 Å². The highest BCUT2D eigenvalue weighted by molar-refractivity contribution is 5.93. The van der Waals surface area contributed by atoms with Crippen molar-refractivity contribution in [2.45, 2.75) is 52.5 Å². The number of hydrogen-bond acceptors (Lipinski definition) is 4. The molecule has 0 spiro atoms. The number of piperidine rings is 1. The minimum absolute atomic E-state index is 0.145. The summed E-state index contributed by atoms with van der Waals surface area (Å²) in [4.78, 5) is 23.8. The van der Waals surface area contributed by atoms with Crippen molar-refractivity contribution in [1.29, 1.82) is 0 Å². The van der Waals surface area contributed by atoms with Crippen LogP contribution in [0.15, 0.2) is 36.4 Å². The van der Waals surface area contributed by atoms with Gasteiger partial charge in [-0.2, -0.15) is 0 Å². The Morgan fingerprint density at radius 3 is 2.44 bits per heavy atom. The second-order valence-electron chi connectivity index (χ2n) is 8.52. The second-order valence-corrected chi connectivity index (χ2v) is 8.52. The Bertz CT molecular complexity index is 775. The minimum Gasteiger partial charge on any atom is -0.346 e. The predicted molar refractivity (Wildman–Crippen MR) is 109 cm³/mol. The molecule has 2 heterocycles. The number of carbonyl (C=O) groups excluding carboxylic acids is 1. The number of nitrogens with zero attached hydrogens (tertiary/aromatic N) is 3. The number of aromatic nitrogens is 2. The number of rotatable bonds is 4. The van der Waals surface area contributed by atoms with Gasteiger partial charge in [-0.15, -0.1) is 0 Å². The predicted octanol–water partition coefficient (Wildman–Crippen LogP) is 3.77. The van der Waals surface area contributed by atoms with Crippen LogP contribution in [0.25, 0.3) is 0 Å². The molecular weight excluding hydrogens is 336 g/mol. The van der Waals surface area contributed by atoms with Gasteiger partial charge in [-0.25, -0.2) is 9.97 Å². The fraction of sp³-hybridized carbons (Fsp3) is 0.500. The lowest BCUT2D eigenvalue weighted by Gasteiger charge is -2.32. The molecule has 1 saturated heterocycles. The van der Waals surface area contributed by atoms with Crippen molar-refractivity contribution in [2.75, 3.05) is 18.0 Å². The van der Waals surface area contributed by atoms with Crippen LogP contribution in [0, 0.1) is 12.8 Å². The summed E-state index contributed by atoms with van der Waals surface area (Å²) in [6, 6.07) is 12.4. The first-order chi connectivity index (χ1) is 12.8. The second kappa shape index (κ2) is 8.07. The SMILES string of the molecule is Cc1cc(C(=O)NC(C)(C)C)nc(N2CCC(Cc3ccccc3)CC2)n1. The molecule has 0 bridgehead atoms. The molecule has 1 fully saturated rings. The Hall–Kier alpha value is -2.43. The molecule has 0 radical (unpaired) electrons. The van der Waals surface area contributed by atoms with Crippen molar-refractivity contribution in [1.82, 2.24) is 15.3 Å². The zero-order valence-electron chi connectivity index (χ0n) is 16.8. The van der Waals surface area contributed by atoms with Crippen LogP contribution in [0.4, 0.5) is 5.95 Å². The minimum atomic E-state index is -0.286. The molecule has 1 aromatic carbocycles. The summed E-state index contributed by atoms with van der Waals surface area (Å²) < 4.78 is 0. The van der Waals surface area contributed by atoms with Crippen molar-refractivity contribution in [3.63, 3.8) is 0 Å². The highest BCUT2D eigenvalue weighted by Gasteiger charge is 2.23. The van der Waals surface area contributed by atoms with E-state index in [9.17, 15) is 4.79 Å². The summed E-state index contributed by atoms with van der Waals surface area (Å²) in [6.45, 7) is 9.69. The molecule has 27 heavy (non-hydrogen) atoms. The van der Waals surface area contributed by atoms with Crippen LogP contribution in [-0.2, 0) is 6.42 Å². The van der Waals surface area contributed by atoms with Gasteiger partial charge in [0.25, 0.3) is 5.91 Å². The molecule has 1 amide bonds. The summed E-state index contributed by atoms with van der Waals surface area (Å²) in [5.41, 5.74) is 2.39. The van der Waals surface area contributed by atoms with Crippen LogP contribution in [0.1, 0.15) is 55.4 Å². The van der Waals surface area contributed by atoms with Gasteiger partial charge in [-0.05, 0) is 64.5 Å². The van der Waals surface area contributed by atoms with Gasteiger partial charge < -0.3 is 10.2 Å². The molecule has 1 aromatic heterocycles. The molecule has 5 nitrogen and oxygen atoms in total. The van der Waals surface area contributed by atoms with Gasteiger partial charge in [0, 0.05) is 24.3 Å². The van der Waals surface area contributed by atoms with Crippen LogP contribution in [0.3, 0.4) is 0 Å². The molecular formula is C22H30N4O. The smallest absolute Gasteiger partial charge is 0.270 e. The lowest BCUT2D eigenvalue weighted by Crippen LogP contribution is -2.41. The molecule has 1 aliphatic rings. The van der Waals surface area contributed by atoms with Gasteiger partial charge in [-0.1, -0.05) is 30.3 Å². The number of amides is 1. The van der Waals surface area contributed by atoms with E-state index < -0.39 is 0 Å². The number of anilines is 1. The number of benzene rings is 1. The largest absolute Gasteiger partial charge is 0.346 e. The summed E-state index contributed by atoms with van der Waals surface area (Å²) in [5.74, 6) is 1.22. The van der Waals surface area contributed by atoms with Gasteiger partial charge in [0.2, 0.25) is 5.95 Å². The Morgan fingerprint density at radius 1 is 1.15 bits per heavy atom. The van der Waals surface area contributed by atoms with E-state index in [1.807, 2.05) is 27.7 Å². The first-order valence-corrected chi connectivity index (χ1v) is 9.77. The van der Waals surface area contributed by atoms with E-state index in [0.29, 0.717) is 17.6 Å². The van der Waals surface area contributed by atoms with Crippen molar-refractivity contribution in [3.05, 3.63) is 53.3 Å². The lowest BCUT2D eigenvalue weighted by atomic mass is 9.90. The zero-order chi connectivity index (χ0) is 19.4. The fourth-order valence-corrected chi connectivity index (χ4v) is 3.50. The van der Waals surface area contributed by atoms with Crippen LogP contribution in [0.5, 0.6) is 0 Å². The normalized spacial score (nSPS) is 15.6. The topological polar surface area (TPSA) is 58.1 Å². The molecule has 0 saturated carbocycles. The van der Waals surface area contributed by atoms with Gasteiger partial charge in [-0.3, -0.25) is 4.79 Å². The Labute approximate surface area is 162 Å². The lowest BCUT2D eigenvalue weighted by molar-refractivity contribution is 0.0914. The monoisotopic (exact) mass is 366 g/mol. The van der Waals surface area contributed by atoms with Gasteiger partial charge >= 0.3 is 0 Å². The van der Waals surface area contributed by atoms with E-state index >= 15 is 0 Å². The Balaban J connectivity index is 1.64. The number of aryl methyl sites for hydroxylation is 1. The maximum absolute atomic E-state index is 12.5. The highest BCUT2D eigenvalue weighted by atomic mass is 16.2. The molecule has 1 N–H and O–H groups in total. The maximum Gasteiger partial charge on any atom is 0.270 e. The molecule has 1 aliphatic heterocycles. The fourth-order valence-electron chi connectivity index (χ4n) is 3.50. The van der Waals surface area contributed by atoms with Crippen molar-refractivity contribution < 1.29 is 4.79 Å². The Morgan fingerprint density at radius 2 is 1.81 bits per heavy atom. The van der Waals surface area contributed by atoms with Crippen LogP contribution in [-0.4, -0.2) is 34.5 Å².